The zero-order valence-corrected chi connectivity index (χ0v) is 10.7. The molecule has 0 fully saturated rings. The molecule has 3 aromatic rings. The zero-order chi connectivity index (χ0) is 13.1. The SMILES string of the molecule is CCNC(c1cn[nH]n1)c1cccc2cccnc12. The molecule has 2 N–H and O–H groups in total. The maximum atomic E-state index is 4.50. The highest BCUT2D eigenvalue weighted by atomic mass is 15.3. The summed E-state index contributed by atoms with van der Waals surface area (Å²) in [6.07, 6.45) is 3.56. The Balaban J connectivity index is 2.15. The van der Waals surface area contributed by atoms with Crippen molar-refractivity contribution in [3.63, 3.8) is 0 Å². The van der Waals surface area contributed by atoms with Gasteiger partial charge in [0.05, 0.1) is 17.8 Å². The number of nitrogens with zero attached hydrogens (tertiary/aromatic N) is 3. The van der Waals surface area contributed by atoms with Crippen molar-refractivity contribution in [2.75, 3.05) is 6.54 Å². The molecule has 5 heteroatoms. The molecule has 0 aliphatic carbocycles. The summed E-state index contributed by atoms with van der Waals surface area (Å²) in [5.41, 5.74) is 2.99. The van der Waals surface area contributed by atoms with Gasteiger partial charge in [-0.3, -0.25) is 4.98 Å². The van der Waals surface area contributed by atoms with Crippen LogP contribution in [0.1, 0.15) is 24.2 Å². The summed E-state index contributed by atoms with van der Waals surface area (Å²) in [7, 11) is 0. The third-order valence-electron chi connectivity index (χ3n) is 3.11. The van der Waals surface area contributed by atoms with E-state index in [0.717, 1.165) is 28.7 Å². The van der Waals surface area contributed by atoms with Crippen molar-refractivity contribution in [1.29, 1.82) is 0 Å². The first-order valence-corrected chi connectivity index (χ1v) is 6.33. The fourth-order valence-corrected chi connectivity index (χ4v) is 2.29. The van der Waals surface area contributed by atoms with E-state index in [-0.39, 0.29) is 6.04 Å². The molecule has 0 aliphatic heterocycles. The molecule has 0 saturated heterocycles. The minimum atomic E-state index is 0.00218. The molecular weight excluding hydrogens is 238 g/mol. The lowest BCUT2D eigenvalue weighted by molar-refractivity contribution is 0.616. The number of hydrogen-bond donors (Lipinski definition) is 2. The molecule has 2 aromatic heterocycles. The summed E-state index contributed by atoms with van der Waals surface area (Å²) in [4.78, 5) is 4.50. The molecule has 5 nitrogen and oxygen atoms in total. The maximum Gasteiger partial charge on any atom is 0.104 e. The van der Waals surface area contributed by atoms with Gasteiger partial charge < -0.3 is 5.32 Å². The van der Waals surface area contributed by atoms with Crippen LogP contribution in [0, 0.1) is 0 Å². The highest BCUT2D eigenvalue weighted by Gasteiger charge is 2.18. The van der Waals surface area contributed by atoms with Crippen molar-refractivity contribution in [1.82, 2.24) is 25.7 Å². The van der Waals surface area contributed by atoms with Crippen LogP contribution in [-0.4, -0.2) is 26.9 Å². The lowest BCUT2D eigenvalue weighted by atomic mass is 10.0. The van der Waals surface area contributed by atoms with Crippen LogP contribution in [0.15, 0.2) is 42.7 Å². The van der Waals surface area contributed by atoms with Crippen LogP contribution < -0.4 is 5.32 Å². The quantitative estimate of drug-likeness (QED) is 0.747. The number of aromatic nitrogens is 4. The number of nitrogens with one attached hydrogen (secondary N) is 2. The number of rotatable bonds is 4. The van der Waals surface area contributed by atoms with Crippen LogP contribution in [0.25, 0.3) is 10.9 Å². The Morgan fingerprint density at radius 1 is 1.26 bits per heavy atom. The summed E-state index contributed by atoms with van der Waals surface area (Å²) >= 11 is 0. The number of benzene rings is 1. The van der Waals surface area contributed by atoms with Crippen molar-refractivity contribution < 1.29 is 0 Å². The first-order chi connectivity index (χ1) is 9.40. The third-order valence-corrected chi connectivity index (χ3v) is 3.11. The topological polar surface area (TPSA) is 66.5 Å². The monoisotopic (exact) mass is 253 g/mol. The number of hydrogen-bond acceptors (Lipinski definition) is 4. The van der Waals surface area contributed by atoms with E-state index < -0.39 is 0 Å². The van der Waals surface area contributed by atoms with Gasteiger partial charge in [-0.05, 0) is 12.6 Å². The Morgan fingerprint density at radius 3 is 2.95 bits per heavy atom. The summed E-state index contributed by atoms with van der Waals surface area (Å²) in [6, 6.07) is 10.2. The van der Waals surface area contributed by atoms with E-state index in [9.17, 15) is 0 Å². The first-order valence-electron chi connectivity index (χ1n) is 6.33. The molecule has 0 aliphatic rings. The van der Waals surface area contributed by atoms with E-state index in [2.05, 4.69) is 50.8 Å². The number of aromatic amines is 1. The van der Waals surface area contributed by atoms with Gasteiger partial charge in [0.25, 0.3) is 0 Å². The van der Waals surface area contributed by atoms with Gasteiger partial charge in [0.2, 0.25) is 0 Å². The van der Waals surface area contributed by atoms with Crippen molar-refractivity contribution >= 4 is 10.9 Å². The van der Waals surface area contributed by atoms with Gasteiger partial charge in [0.1, 0.15) is 5.69 Å². The molecule has 1 atom stereocenters. The van der Waals surface area contributed by atoms with Crippen LogP contribution in [0.2, 0.25) is 0 Å². The molecule has 0 spiro atoms. The van der Waals surface area contributed by atoms with Crippen LogP contribution in [0.5, 0.6) is 0 Å². The second-order valence-electron chi connectivity index (χ2n) is 4.31. The summed E-state index contributed by atoms with van der Waals surface area (Å²) in [6.45, 7) is 2.92. The Morgan fingerprint density at radius 2 is 2.16 bits per heavy atom. The normalized spacial score (nSPS) is 12.7. The fourth-order valence-electron chi connectivity index (χ4n) is 2.29. The van der Waals surface area contributed by atoms with Crippen molar-refractivity contribution in [3.05, 3.63) is 54.0 Å². The molecule has 3 rings (SSSR count). The molecule has 19 heavy (non-hydrogen) atoms. The van der Waals surface area contributed by atoms with E-state index in [1.54, 1.807) is 6.20 Å². The lowest BCUT2D eigenvalue weighted by Crippen LogP contribution is -2.22. The smallest absolute Gasteiger partial charge is 0.104 e. The fraction of sp³-hybridized carbons (Fsp3) is 0.214. The van der Waals surface area contributed by atoms with Gasteiger partial charge >= 0.3 is 0 Å². The predicted octanol–water partition coefficient (Wildman–Crippen LogP) is 2.05. The van der Waals surface area contributed by atoms with Crippen molar-refractivity contribution in [3.8, 4) is 0 Å². The zero-order valence-electron chi connectivity index (χ0n) is 10.7. The third kappa shape index (κ3) is 2.20. The summed E-state index contributed by atoms with van der Waals surface area (Å²) in [5.74, 6) is 0. The van der Waals surface area contributed by atoms with Crippen molar-refractivity contribution in [2.24, 2.45) is 0 Å². The average Bonchev–Trinajstić information content (AvgIpc) is 2.98. The van der Waals surface area contributed by atoms with E-state index in [4.69, 9.17) is 0 Å². The molecule has 2 heterocycles. The Labute approximate surface area is 111 Å². The van der Waals surface area contributed by atoms with Crippen molar-refractivity contribution in [2.45, 2.75) is 13.0 Å². The highest BCUT2D eigenvalue weighted by molar-refractivity contribution is 5.82. The maximum absolute atomic E-state index is 4.50. The number of pyridine rings is 1. The number of para-hydroxylation sites is 1. The predicted molar refractivity (Wildman–Crippen MR) is 73.6 cm³/mol. The van der Waals surface area contributed by atoms with Crippen LogP contribution >= 0.6 is 0 Å². The van der Waals surface area contributed by atoms with Crippen LogP contribution in [-0.2, 0) is 0 Å². The van der Waals surface area contributed by atoms with Gasteiger partial charge in [0, 0.05) is 17.1 Å². The van der Waals surface area contributed by atoms with E-state index in [1.807, 2.05) is 18.3 Å². The minimum Gasteiger partial charge on any atom is -0.305 e. The number of fused-ring (bicyclic) bond motifs is 1. The largest absolute Gasteiger partial charge is 0.305 e. The molecule has 0 amide bonds. The van der Waals surface area contributed by atoms with Gasteiger partial charge in [-0.2, -0.15) is 15.4 Å². The standard InChI is InChI=1S/C14H15N5/c1-2-15-14(12-9-17-19-18-12)11-7-3-5-10-6-4-8-16-13(10)11/h3-9,14-15H,2H2,1H3,(H,17,18,19). The molecule has 0 saturated carbocycles. The summed E-state index contributed by atoms with van der Waals surface area (Å²) < 4.78 is 0. The Hall–Kier alpha value is -2.27. The van der Waals surface area contributed by atoms with Gasteiger partial charge in [-0.15, -0.1) is 0 Å². The second-order valence-corrected chi connectivity index (χ2v) is 4.31. The van der Waals surface area contributed by atoms with Crippen LogP contribution in [0.3, 0.4) is 0 Å². The van der Waals surface area contributed by atoms with Crippen LogP contribution in [0.4, 0.5) is 0 Å². The van der Waals surface area contributed by atoms with E-state index in [0.29, 0.717) is 0 Å². The minimum absolute atomic E-state index is 0.00218. The van der Waals surface area contributed by atoms with E-state index in [1.165, 1.54) is 0 Å². The molecule has 0 radical (unpaired) electrons. The second kappa shape index (κ2) is 5.16. The lowest BCUT2D eigenvalue weighted by Gasteiger charge is -2.17. The van der Waals surface area contributed by atoms with Gasteiger partial charge in [-0.1, -0.05) is 31.2 Å². The molecule has 1 aromatic carbocycles. The average molecular weight is 253 g/mol. The molecule has 0 bridgehead atoms. The Bertz CT molecular complexity index is 657. The first kappa shape index (κ1) is 11.8. The van der Waals surface area contributed by atoms with E-state index >= 15 is 0 Å². The summed E-state index contributed by atoms with van der Waals surface area (Å²) in [5, 5.41) is 15.3. The number of H-pyrrole nitrogens is 1. The van der Waals surface area contributed by atoms with Gasteiger partial charge in [0.15, 0.2) is 0 Å². The molecule has 96 valence electrons. The highest BCUT2D eigenvalue weighted by Crippen LogP contribution is 2.26. The Kier molecular flexibility index (Phi) is 3.20. The molecule has 1 unspecified atom stereocenters. The van der Waals surface area contributed by atoms with Gasteiger partial charge in [-0.25, -0.2) is 0 Å². The molecular formula is C14H15N5.